The average Bonchev–Trinajstić information content (AvgIpc) is 3.62. The highest BCUT2D eigenvalue weighted by Gasteiger charge is 2.44. The van der Waals surface area contributed by atoms with Crippen molar-refractivity contribution in [2.24, 2.45) is 22.2 Å². The van der Waals surface area contributed by atoms with E-state index in [9.17, 15) is 4.79 Å². The van der Waals surface area contributed by atoms with Crippen LogP contribution >= 0.6 is 0 Å². The van der Waals surface area contributed by atoms with Crippen LogP contribution in [-0.2, 0) is 4.79 Å². The van der Waals surface area contributed by atoms with Crippen molar-refractivity contribution in [2.45, 2.75) is 95.4 Å². The number of anilines is 3. The molecule has 6 rings (SSSR count). The summed E-state index contributed by atoms with van der Waals surface area (Å²) in [6.07, 6.45) is 5.43. The van der Waals surface area contributed by atoms with Gasteiger partial charge in [-0.3, -0.25) is 9.79 Å². The molecule has 1 saturated carbocycles. The SMILES string of the molecule is CC1(C)CC(N)CC(C)(C)N1c1ccc2c(c1)nc1n2C(CCCN=C(N)N)C(=O)Nc2ccc(NC3CC3)cc2-1. The zero-order chi connectivity index (χ0) is 29.1. The Morgan fingerprint density at radius 2 is 1.83 bits per heavy atom. The smallest absolute Gasteiger partial charge is 0.247 e. The van der Waals surface area contributed by atoms with Crippen molar-refractivity contribution in [1.82, 2.24) is 9.55 Å². The number of imidazole rings is 1. The maximum Gasteiger partial charge on any atom is 0.247 e. The van der Waals surface area contributed by atoms with Crippen LogP contribution in [0.2, 0.25) is 0 Å². The zero-order valence-electron chi connectivity index (χ0n) is 24.6. The van der Waals surface area contributed by atoms with Crippen LogP contribution in [-0.4, -0.2) is 51.1 Å². The van der Waals surface area contributed by atoms with Crippen LogP contribution in [0.3, 0.4) is 0 Å². The molecule has 3 aromatic rings. The standard InChI is InChI=1S/C31H43N9O/c1-30(2)16-18(32)17-31(3,4)40(30)21-10-12-25-24(15-21)37-27-22-14-20(36-19-7-8-19)9-11-23(22)38-28(41)26(39(25)27)6-5-13-35-29(33)34/h9-12,14-15,18-19,26,36H,5-8,13,16-17,32H2,1-4H3,(H,38,41)(H4,33,34,35). The number of hydrogen-bond donors (Lipinski definition) is 5. The number of carbonyl (C=O) groups is 1. The lowest BCUT2D eigenvalue weighted by atomic mass is 9.77. The highest BCUT2D eigenvalue weighted by atomic mass is 16.2. The molecule has 41 heavy (non-hydrogen) atoms. The molecule has 1 aromatic heterocycles. The largest absolute Gasteiger partial charge is 0.382 e. The summed E-state index contributed by atoms with van der Waals surface area (Å²) in [5.74, 6) is 0.786. The summed E-state index contributed by atoms with van der Waals surface area (Å²) in [5.41, 5.74) is 23.0. The Hall–Kier alpha value is -3.79. The molecule has 8 N–H and O–H groups in total. The molecule has 1 amide bonds. The number of aliphatic imine (C=N–C) groups is 1. The van der Waals surface area contributed by atoms with Crippen LogP contribution in [0, 0.1) is 0 Å². The Morgan fingerprint density at radius 1 is 1.10 bits per heavy atom. The number of piperidine rings is 1. The van der Waals surface area contributed by atoms with Crippen molar-refractivity contribution < 1.29 is 4.79 Å². The predicted molar refractivity (Wildman–Crippen MR) is 167 cm³/mol. The first kappa shape index (κ1) is 27.4. The van der Waals surface area contributed by atoms with Crippen LogP contribution in [0.25, 0.3) is 22.4 Å². The monoisotopic (exact) mass is 557 g/mol. The number of nitrogens with two attached hydrogens (primary N) is 3. The minimum absolute atomic E-state index is 0.0595. The molecule has 10 heteroatoms. The number of aromatic nitrogens is 2. The highest BCUT2D eigenvalue weighted by molar-refractivity contribution is 6.02. The lowest BCUT2D eigenvalue weighted by molar-refractivity contribution is -0.119. The second kappa shape index (κ2) is 9.94. The van der Waals surface area contributed by atoms with Crippen LogP contribution in [0.15, 0.2) is 41.4 Å². The van der Waals surface area contributed by atoms with Gasteiger partial charge in [-0.2, -0.15) is 0 Å². The first-order valence-corrected chi connectivity index (χ1v) is 14.8. The normalized spacial score (nSPS) is 21.5. The number of carbonyl (C=O) groups excluding carboxylic acids is 1. The maximum absolute atomic E-state index is 13.7. The van der Waals surface area contributed by atoms with E-state index >= 15 is 0 Å². The van der Waals surface area contributed by atoms with Gasteiger partial charge < -0.3 is 37.3 Å². The van der Waals surface area contributed by atoms with Crippen LogP contribution < -0.4 is 32.7 Å². The third kappa shape index (κ3) is 5.21. The number of guanidine groups is 1. The number of fused-ring (bicyclic) bond motifs is 5. The number of amides is 1. The number of benzene rings is 2. The van der Waals surface area contributed by atoms with Gasteiger partial charge in [-0.25, -0.2) is 4.98 Å². The summed E-state index contributed by atoms with van der Waals surface area (Å²) >= 11 is 0. The van der Waals surface area contributed by atoms with Gasteiger partial charge in [0.05, 0.1) is 16.7 Å². The van der Waals surface area contributed by atoms with Crippen molar-refractivity contribution in [2.75, 3.05) is 22.1 Å². The molecule has 0 radical (unpaired) electrons. The molecule has 3 heterocycles. The van der Waals surface area contributed by atoms with Gasteiger partial charge in [-0.15, -0.1) is 0 Å². The molecule has 1 atom stereocenters. The Kier molecular flexibility index (Phi) is 6.64. The molecule has 2 fully saturated rings. The zero-order valence-corrected chi connectivity index (χ0v) is 24.6. The van der Waals surface area contributed by atoms with Crippen molar-refractivity contribution >= 4 is 40.0 Å². The van der Waals surface area contributed by atoms with Gasteiger partial charge in [0.15, 0.2) is 5.96 Å². The number of rotatable bonds is 7. The minimum atomic E-state index is -0.455. The summed E-state index contributed by atoms with van der Waals surface area (Å²) in [6.45, 7) is 9.52. The maximum atomic E-state index is 13.7. The predicted octanol–water partition coefficient (Wildman–Crippen LogP) is 4.31. The van der Waals surface area contributed by atoms with Gasteiger partial charge in [0.25, 0.3) is 0 Å². The molecule has 218 valence electrons. The summed E-state index contributed by atoms with van der Waals surface area (Å²) in [5, 5.41) is 6.77. The minimum Gasteiger partial charge on any atom is -0.382 e. The Labute approximate surface area is 241 Å². The molecule has 1 saturated heterocycles. The molecule has 0 spiro atoms. The summed E-state index contributed by atoms with van der Waals surface area (Å²) in [6, 6.07) is 12.8. The second-order valence-electron chi connectivity index (χ2n) is 13.2. The third-order valence-electron chi connectivity index (χ3n) is 8.68. The van der Waals surface area contributed by atoms with Crippen molar-refractivity contribution in [3.63, 3.8) is 0 Å². The van der Waals surface area contributed by atoms with Gasteiger partial charge in [-0.1, -0.05) is 0 Å². The van der Waals surface area contributed by atoms with Crippen molar-refractivity contribution in [3.8, 4) is 11.4 Å². The Balaban J connectivity index is 1.47. The highest BCUT2D eigenvalue weighted by Crippen LogP contribution is 2.44. The van der Waals surface area contributed by atoms with E-state index in [4.69, 9.17) is 22.2 Å². The van der Waals surface area contributed by atoms with E-state index in [0.717, 1.165) is 52.3 Å². The molecule has 1 aliphatic carbocycles. The topological polar surface area (TPSA) is 153 Å². The van der Waals surface area contributed by atoms with Crippen LogP contribution in [0.4, 0.5) is 17.1 Å². The second-order valence-corrected chi connectivity index (χ2v) is 13.2. The van der Waals surface area contributed by atoms with E-state index in [1.54, 1.807) is 0 Å². The number of hydrogen-bond acceptors (Lipinski definition) is 6. The fraction of sp³-hybridized carbons (Fsp3) is 0.516. The Bertz CT molecular complexity index is 1500. The molecule has 2 aromatic carbocycles. The van der Waals surface area contributed by atoms with Crippen molar-refractivity contribution in [3.05, 3.63) is 36.4 Å². The first-order valence-electron chi connectivity index (χ1n) is 14.8. The van der Waals surface area contributed by atoms with Gasteiger partial charge in [-0.05, 0) is 103 Å². The van der Waals surface area contributed by atoms with Crippen molar-refractivity contribution in [1.29, 1.82) is 0 Å². The van der Waals surface area contributed by atoms with Crippen LogP contribution in [0.1, 0.15) is 72.3 Å². The number of nitrogens with zero attached hydrogens (tertiary/aromatic N) is 4. The third-order valence-corrected chi connectivity index (χ3v) is 8.68. The average molecular weight is 558 g/mol. The molecule has 1 unspecified atom stereocenters. The molecule has 3 aliphatic rings. The fourth-order valence-electron chi connectivity index (χ4n) is 7.27. The molecule has 0 bridgehead atoms. The van der Waals surface area contributed by atoms with Crippen LogP contribution in [0.5, 0.6) is 0 Å². The fourth-order valence-corrected chi connectivity index (χ4v) is 7.27. The quantitative estimate of drug-likeness (QED) is 0.165. The van der Waals surface area contributed by atoms with Gasteiger partial charge in [0.2, 0.25) is 5.91 Å². The summed E-state index contributed by atoms with van der Waals surface area (Å²) < 4.78 is 2.11. The van der Waals surface area contributed by atoms with E-state index in [-0.39, 0.29) is 29.0 Å². The number of nitrogens with one attached hydrogen (secondary N) is 2. The van der Waals surface area contributed by atoms with E-state index in [0.29, 0.717) is 25.4 Å². The molecule has 2 aliphatic heterocycles. The van der Waals surface area contributed by atoms with Gasteiger partial charge in [0, 0.05) is 46.6 Å². The molecule has 10 nitrogen and oxygen atoms in total. The first-order chi connectivity index (χ1) is 19.4. The van der Waals surface area contributed by atoms with E-state index in [1.807, 2.05) is 12.1 Å². The van der Waals surface area contributed by atoms with Gasteiger partial charge >= 0.3 is 0 Å². The Morgan fingerprint density at radius 3 is 2.51 bits per heavy atom. The summed E-state index contributed by atoms with van der Waals surface area (Å²) in [7, 11) is 0. The molecular weight excluding hydrogens is 514 g/mol. The lowest BCUT2D eigenvalue weighted by Gasteiger charge is -2.56. The van der Waals surface area contributed by atoms with E-state index in [1.165, 1.54) is 12.8 Å². The van der Waals surface area contributed by atoms with Gasteiger partial charge in [0.1, 0.15) is 11.9 Å². The summed E-state index contributed by atoms with van der Waals surface area (Å²) in [4.78, 5) is 25.6. The van der Waals surface area contributed by atoms with E-state index in [2.05, 4.69) is 77.1 Å². The lowest BCUT2D eigenvalue weighted by Crippen LogP contribution is -2.63. The van der Waals surface area contributed by atoms with E-state index < -0.39 is 6.04 Å². The molecular formula is C31H43N9O.